The number of aliphatic carboxylic acids is 1. The highest BCUT2D eigenvalue weighted by Gasteiger charge is 2.40. The van der Waals surface area contributed by atoms with Crippen molar-refractivity contribution in [2.45, 2.75) is 37.5 Å². The smallest absolute Gasteiger partial charge is 0.305 e. The Kier molecular flexibility index (Phi) is 3.24. The highest BCUT2D eigenvalue weighted by Crippen LogP contribution is 2.44. The topological polar surface area (TPSA) is 57.5 Å². The summed E-state index contributed by atoms with van der Waals surface area (Å²) >= 11 is 1.81. The summed E-state index contributed by atoms with van der Waals surface area (Å²) < 4.78 is 0.0227. The minimum atomic E-state index is -0.916. The molecule has 0 saturated carbocycles. The summed E-state index contributed by atoms with van der Waals surface area (Å²) in [5.41, 5.74) is 0. The van der Waals surface area contributed by atoms with Gasteiger partial charge in [0.15, 0.2) is 0 Å². The van der Waals surface area contributed by atoms with Gasteiger partial charge in [0, 0.05) is 10.7 Å². The molecule has 0 aromatic carbocycles. The second-order valence-corrected chi connectivity index (χ2v) is 5.76. The molecule has 1 fully saturated rings. The number of carbonyl (C=O) groups is 1. The molecular formula is C9H16O3S. The molecule has 13 heavy (non-hydrogen) atoms. The zero-order valence-electron chi connectivity index (χ0n) is 7.99. The van der Waals surface area contributed by atoms with Gasteiger partial charge in [0.25, 0.3) is 0 Å². The average Bonchev–Trinajstić information content (AvgIpc) is 2.27. The Bertz CT molecular complexity index is 203. The summed E-state index contributed by atoms with van der Waals surface area (Å²) in [7, 11) is 0. The number of carboxylic acid groups (broad SMARTS) is 1. The fourth-order valence-corrected chi connectivity index (χ4v) is 3.27. The van der Waals surface area contributed by atoms with Gasteiger partial charge in [-0.05, 0) is 12.2 Å². The molecule has 1 saturated heterocycles. The molecule has 0 bridgehead atoms. The SMILES string of the molecule is CC1(C)SCCC1C(O)CC(=O)O. The fraction of sp³-hybridized carbons (Fsp3) is 0.889. The summed E-state index contributed by atoms with van der Waals surface area (Å²) in [6.45, 7) is 4.14. The van der Waals surface area contributed by atoms with Gasteiger partial charge in [-0.1, -0.05) is 13.8 Å². The van der Waals surface area contributed by atoms with Crippen LogP contribution in [-0.4, -0.2) is 32.8 Å². The molecule has 4 heteroatoms. The van der Waals surface area contributed by atoms with Gasteiger partial charge in [-0.2, -0.15) is 11.8 Å². The van der Waals surface area contributed by atoms with Crippen LogP contribution in [0.2, 0.25) is 0 Å². The second-order valence-electron chi connectivity index (χ2n) is 4.01. The lowest BCUT2D eigenvalue weighted by molar-refractivity contribution is -0.140. The van der Waals surface area contributed by atoms with E-state index in [9.17, 15) is 9.90 Å². The highest BCUT2D eigenvalue weighted by atomic mass is 32.2. The van der Waals surface area contributed by atoms with Crippen molar-refractivity contribution in [1.82, 2.24) is 0 Å². The van der Waals surface area contributed by atoms with Gasteiger partial charge in [-0.3, -0.25) is 4.79 Å². The first-order valence-corrected chi connectivity index (χ1v) is 5.46. The predicted octanol–water partition coefficient (Wildman–Crippen LogP) is 1.35. The monoisotopic (exact) mass is 204 g/mol. The molecule has 2 N–H and O–H groups in total. The van der Waals surface area contributed by atoms with Crippen molar-refractivity contribution >= 4 is 17.7 Å². The van der Waals surface area contributed by atoms with Crippen molar-refractivity contribution in [1.29, 1.82) is 0 Å². The third-order valence-electron chi connectivity index (χ3n) is 2.64. The Morgan fingerprint density at radius 2 is 2.31 bits per heavy atom. The molecule has 2 unspecified atom stereocenters. The van der Waals surface area contributed by atoms with E-state index in [4.69, 9.17) is 5.11 Å². The van der Waals surface area contributed by atoms with Crippen LogP contribution in [0.5, 0.6) is 0 Å². The average molecular weight is 204 g/mol. The van der Waals surface area contributed by atoms with Gasteiger partial charge in [-0.15, -0.1) is 0 Å². The Morgan fingerprint density at radius 3 is 2.69 bits per heavy atom. The molecule has 0 radical (unpaired) electrons. The van der Waals surface area contributed by atoms with Crippen LogP contribution < -0.4 is 0 Å². The number of aliphatic hydroxyl groups is 1. The van der Waals surface area contributed by atoms with Crippen molar-refractivity contribution in [3.63, 3.8) is 0 Å². The molecule has 1 heterocycles. The maximum absolute atomic E-state index is 10.4. The largest absolute Gasteiger partial charge is 0.481 e. The number of thioether (sulfide) groups is 1. The van der Waals surface area contributed by atoms with Crippen molar-refractivity contribution < 1.29 is 15.0 Å². The Morgan fingerprint density at radius 1 is 1.69 bits per heavy atom. The minimum absolute atomic E-state index is 0.0227. The summed E-state index contributed by atoms with van der Waals surface area (Å²) in [5.74, 6) is 0.225. The van der Waals surface area contributed by atoms with Gasteiger partial charge in [0.1, 0.15) is 0 Å². The fourth-order valence-electron chi connectivity index (χ4n) is 1.88. The maximum Gasteiger partial charge on any atom is 0.305 e. The molecule has 2 atom stereocenters. The van der Waals surface area contributed by atoms with Gasteiger partial charge in [-0.25, -0.2) is 0 Å². The van der Waals surface area contributed by atoms with Crippen LogP contribution in [0.15, 0.2) is 0 Å². The van der Waals surface area contributed by atoms with Gasteiger partial charge in [0.05, 0.1) is 12.5 Å². The maximum atomic E-state index is 10.4. The Balaban J connectivity index is 2.55. The normalized spacial score (nSPS) is 28.7. The Hall–Kier alpha value is -0.220. The van der Waals surface area contributed by atoms with E-state index in [1.54, 1.807) is 0 Å². The van der Waals surface area contributed by atoms with Crippen LogP contribution in [-0.2, 0) is 4.79 Å². The first kappa shape index (κ1) is 10.9. The van der Waals surface area contributed by atoms with Crippen molar-refractivity contribution in [3.8, 4) is 0 Å². The third kappa shape index (κ3) is 2.61. The van der Waals surface area contributed by atoms with Crippen LogP contribution in [0.3, 0.4) is 0 Å². The van der Waals surface area contributed by atoms with Crippen LogP contribution in [0.1, 0.15) is 26.7 Å². The van der Waals surface area contributed by atoms with Crippen molar-refractivity contribution in [3.05, 3.63) is 0 Å². The third-order valence-corrected chi connectivity index (χ3v) is 4.13. The van der Waals surface area contributed by atoms with E-state index in [0.717, 1.165) is 12.2 Å². The van der Waals surface area contributed by atoms with Crippen LogP contribution in [0, 0.1) is 5.92 Å². The van der Waals surface area contributed by atoms with Crippen LogP contribution >= 0.6 is 11.8 Å². The molecule has 76 valence electrons. The van der Waals surface area contributed by atoms with E-state index >= 15 is 0 Å². The molecule has 3 nitrogen and oxygen atoms in total. The molecule has 1 rings (SSSR count). The predicted molar refractivity (Wildman–Crippen MR) is 52.9 cm³/mol. The lowest BCUT2D eigenvalue weighted by atomic mass is 9.86. The molecule has 0 aliphatic carbocycles. The first-order valence-electron chi connectivity index (χ1n) is 4.47. The standard InChI is InChI=1S/C9H16O3S/c1-9(2)6(3-4-13-9)7(10)5-8(11)12/h6-7,10H,3-5H2,1-2H3,(H,11,12). The second kappa shape index (κ2) is 3.88. The van der Waals surface area contributed by atoms with Crippen molar-refractivity contribution in [2.75, 3.05) is 5.75 Å². The molecule has 1 aliphatic heterocycles. The van der Waals surface area contributed by atoms with Gasteiger partial charge < -0.3 is 10.2 Å². The number of aliphatic hydroxyl groups excluding tert-OH is 1. The van der Waals surface area contributed by atoms with Crippen molar-refractivity contribution in [2.24, 2.45) is 5.92 Å². The lowest BCUT2D eigenvalue weighted by Gasteiger charge is -2.29. The van der Waals surface area contributed by atoms with Crippen LogP contribution in [0.4, 0.5) is 0 Å². The molecule has 0 aromatic rings. The van der Waals surface area contributed by atoms with E-state index in [-0.39, 0.29) is 17.1 Å². The zero-order valence-corrected chi connectivity index (χ0v) is 8.80. The summed E-state index contributed by atoms with van der Waals surface area (Å²) in [5, 5.41) is 18.2. The summed E-state index contributed by atoms with van der Waals surface area (Å²) in [6, 6.07) is 0. The molecule has 0 spiro atoms. The number of hydrogen-bond donors (Lipinski definition) is 2. The summed E-state index contributed by atoms with van der Waals surface area (Å²) in [6.07, 6.45) is 0.100. The molecule has 0 amide bonds. The number of carboxylic acids is 1. The first-order chi connectivity index (χ1) is 5.93. The quantitative estimate of drug-likeness (QED) is 0.728. The minimum Gasteiger partial charge on any atom is -0.481 e. The van der Waals surface area contributed by atoms with E-state index in [0.29, 0.717) is 0 Å². The molecule has 1 aliphatic rings. The van der Waals surface area contributed by atoms with E-state index in [1.807, 2.05) is 11.8 Å². The number of hydrogen-bond acceptors (Lipinski definition) is 3. The zero-order chi connectivity index (χ0) is 10.1. The lowest BCUT2D eigenvalue weighted by Crippen LogP contribution is -2.34. The molecular weight excluding hydrogens is 188 g/mol. The van der Waals surface area contributed by atoms with Crippen LogP contribution in [0.25, 0.3) is 0 Å². The summed E-state index contributed by atoms with van der Waals surface area (Å²) in [4.78, 5) is 10.4. The Labute approximate surface area is 82.5 Å². The van der Waals surface area contributed by atoms with E-state index in [2.05, 4.69) is 13.8 Å². The van der Waals surface area contributed by atoms with Gasteiger partial charge in [0.2, 0.25) is 0 Å². The van der Waals surface area contributed by atoms with E-state index in [1.165, 1.54) is 0 Å². The van der Waals surface area contributed by atoms with E-state index < -0.39 is 12.1 Å². The van der Waals surface area contributed by atoms with Gasteiger partial charge >= 0.3 is 5.97 Å². The highest BCUT2D eigenvalue weighted by molar-refractivity contribution is 8.00. The molecule has 0 aromatic heterocycles. The number of rotatable bonds is 3.